The van der Waals surface area contributed by atoms with Gasteiger partial charge >= 0.3 is 0 Å². The lowest BCUT2D eigenvalue weighted by Gasteiger charge is -2.09. The van der Waals surface area contributed by atoms with Gasteiger partial charge in [0.1, 0.15) is 5.75 Å². The molecule has 0 aliphatic carbocycles. The molecule has 0 saturated carbocycles. The minimum atomic E-state index is -0.298. The average molecular weight is 501 g/mol. The van der Waals surface area contributed by atoms with Crippen molar-refractivity contribution in [2.75, 3.05) is 11.1 Å². The zero-order valence-corrected chi connectivity index (χ0v) is 18.9. The maximum atomic E-state index is 12.1. The molecule has 3 rings (SSSR count). The highest BCUT2D eigenvalue weighted by Gasteiger charge is 2.13. The molecular weight excluding hydrogens is 480 g/mol. The SMILES string of the molecule is C=CCn1c(CNc2ccccc2)nnc1SCC(=O)NN=Cc1cc(Br)ccc1O. The lowest BCUT2D eigenvalue weighted by molar-refractivity contribution is -0.118. The third-order valence-corrected chi connectivity index (χ3v) is 5.50. The lowest BCUT2D eigenvalue weighted by atomic mass is 10.2. The van der Waals surface area contributed by atoms with Gasteiger partial charge in [0.15, 0.2) is 11.0 Å². The molecule has 0 spiro atoms. The Hall–Kier alpha value is -3.11. The number of para-hydroxylation sites is 1. The summed E-state index contributed by atoms with van der Waals surface area (Å²) in [6.45, 7) is 4.81. The largest absolute Gasteiger partial charge is 0.507 e. The smallest absolute Gasteiger partial charge is 0.250 e. The molecule has 3 aromatic rings. The van der Waals surface area contributed by atoms with Crippen molar-refractivity contribution in [1.82, 2.24) is 20.2 Å². The number of phenolic OH excluding ortho intramolecular Hbond substituents is 1. The molecular formula is C21H21BrN6O2S. The van der Waals surface area contributed by atoms with Gasteiger partial charge in [-0.2, -0.15) is 5.10 Å². The van der Waals surface area contributed by atoms with E-state index < -0.39 is 0 Å². The van der Waals surface area contributed by atoms with Gasteiger partial charge in [-0.05, 0) is 30.3 Å². The number of carbonyl (C=O) groups excluding carboxylic acids is 1. The number of benzene rings is 2. The predicted molar refractivity (Wildman–Crippen MR) is 126 cm³/mol. The van der Waals surface area contributed by atoms with Crippen LogP contribution in [0.3, 0.4) is 0 Å². The summed E-state index contributed by atoms with van der Waals surface area (Å²) in [6, 6.07) is 14.8. The number of aromatic nitrogens is 3. The van der Waals surface area contributed by atoms with E-state index >= 15 is 0 Å². The van der Waals surface area contributed by atoms with Crippen molar-refractivity contribution in [3.63, 3.8) is 0 Å². The second-order valence-corrected chi connectivity index (χ2v) is 8.16. The molecule has 3 N–H and O–H groups in total. The number of rotatable bonds is 10. The van der Waals surface area contributed by atoms with Crippen molar-refractivity contribution >= 4 is 45.5 Å². The highest BCUT2D eigenvalue weighted by Crippen LogP contribution is 2.20. The van der Waals surface area contributed by atoms with Crippen LogP contribution in [0.2, 0.25) is 0 Å². The number of nitrogens with one attached hydrogen (secondary N) is 2. The van der Waals surface area contributed by atoms with Gasteiger partial charge in [0.25, 0.3) is 5.91 Å². The number of hydrogen-bond donors (Lipinski definition) is 3. The fraction of sp³-hybridized carbons (Fsp3) is 0.143. The molecule has 1 heterocycles. The van der Waals surface area contributed by atoms with Crippen molar-refractivity contribution in [2.24, 2.45) is 5.10 Å². The van der Waals surface area contributed by atoms with Crippen LogP contribution < -0.4 is 10.7 Å². The maximum absolute atomic E-state index is 12.1. The van der Waals surface area contributed by atoms with Gasteiger partial charge in [0.05, 0.1) is 18.5 Å². The summed E-state index contributed by atoms with van der Waals surface area (Å²) in [4.78, 5) is 12.1. The second kappa shape index (κ2) is 11.3. The van der Waals surface area contributed by atoms with Crippen LogP contribution in [0, 0.1) is 0 Å². The van der Waals surface area contributed by atoms with Gasteiger partial charge in [-0.1, -0.05) is 52.0 Å². The van der Waals surface area contributed by atoms with Crippen molar-refractivity contribution < 1.29 is 9.90 Å². The summed E-state index contributed by atoms with van der Waals surface area (Å²) in [6.07, 6.45) is 3.14. The van der Waals surface area contributed by atoms with Crippen molar-refractivity contribution in [2.45, 2.75) is 18.2 Å². The predicted octanol–water partition coefficient (Wildman–Crippen LogP) is 3.79. The Balaban J connectivity index is 1.55. The van der Waals surface area contributed by atoms with Gasteiger partial charge in [-0.3, -0.25) is 4.79 Å². The van der Waals surface area contributed by atoms with E-state index in [2.05, 4.69) is 48.6 Å². The van der Waals surface area contributed by atoms with E-state index in [-0.39, 0.29) is 17.4 Å². The number of allylic oxidation sites excluding steroid dienone is 1. The molecule has 1 amide bonds. The normalized spacial score (nSPS) is 10.9. The zero-order chi connectivity index (χ0) is 22.1. The summed E-state index contributed by atoms with van der Waals surface area (Å²) in [5.41, 5.74) is 3.92. The maximum Gasteiger partial charge on any atom is 0.250 e. The summed E-state index contributed by atoms with van der Waals surface area (Å²) < 4.78 is 2.71. The number of amides is 1. The van der Waals surface area contributed by atoms with Gasteiger partial charge in [0.2, 0.25) is 0 Å². The number of nitrogens with zero attached hydrogens (tertiary/aromatic N) is 4. The van der Waals surface area contributed by atoms with Crippen LogP contribution in [0.1, 0.15) is 11.4 Å². The Morgan fingerprint density at radius 3 is 2.84 bits per heavy atom. The number of phenols is 1. The molecule has 31 heavy (non-hydrogen) atoms. The van der Waals surface area contributed by atoms with E-state index in [9.17, 15) is 9.90 Å². The van der Waals surface area contributed by atoms with Crippen LogP contribution in [0.5, 0.6) is 5.75 Å². The first-order chi connectivity index (χ1) is 15.1. The number of hydrogen-bond acceptors (Lipinski definition) is 7. The molecule has 0 fully saturated rings. The van der Waals surface area contributed by atoms with Crippen LogP contribution >= 0.6 is 27.7 Å². The van der Waals surface area contributed by atoms with Gasteiger partial charge in [-0.25, -0.2) is 5.43 Å². The Kier molecular flexibility index (Phi) is 8.25. The molecule has 8 nitrogen and oxygen atoms in total. The van der Waals surface area contributed by atoms with Crippen LogP contribution in [0.25, 0.3) is 0 Å². The molecule has 0 saturated heterocycles. The van der Waals surface area contributed by atoms with E-state index in [1.807, 2.05) is 34.9 Å². The summed E-state index contributed by atoms with van der Waals surface area (Å²) in [5, 5.41) is 26.0. The number of thioether (sulfide) groups is 1. The second-order valence-electron chi connectivity index (χ2n) is 6.30. The average Bonchev–Trinajstić information content (AvgIpc) is 3.16. The molecule has 0 bridgehead atoms. The Labute approximate surface area is 192 Å². The molecule has 0 radical (unpaired) electrons. The summed E-state index contributed by atoms with van der Waals surface area (Å²) in [7, 11) is 0. The van der Waals surface area contributed by atoms with Crippen molar-refractivity contribution in [3.05, 3.63) is 77.0 Å². The fourth-order valence-corrected chi connectivity index (χ4v) is 3.71. The van der Waals surface area contributed by atoms with Gasteiger partial charge in [0, 0.05) is 22.3 Å². The van der Waals surface area contributed by atoms with Gasteiger partial charge in [-0.15, -0.1) is 16.8 Å². The van der Waals surface area contributed by atoms with E-state index in [1.165, 1.54) is 18.0 Å². The van der Waals surface area contributed by atoms with Crippen LogP contribution in [0.4, 0.5) is 5.69 Å². The van der Waals surface area contributed by atoms with E-state index in [4.69, 9.17) is 0 Å². The minimum absolute atomic E-state index is 0.0738. The Bertz CT molecular complexity index is 1070. The third kappa shape index (κ3) is 6.69. The van der Waals surface area contributed by atoms with Crippen LogP contribution in [0.15, 0.2) is 75.9 Å². The van der Waals surface area contributed by atoms with Crippen molar-refractivity contribution in [1.29, 1.82) is 0 Å². The topological polar surface area (TPSA) is 104 Å². The van der Waals surface area contributed by atoms with E-state index in [1.54, 1.807) is 24.3 Å². The van der Waals surface area contributed by atoms with Crippen LogP contribution in [-0.2, 0) is 17.9 Å². The monoisotopic (exact) mass is 500 g/mol. The molecule has 0 atom stereocenters. The van der Waals surface area contributed by atoms with Crippen molar-refractivity contribution in [3.8, 4) is 5.75 Å². The number of hydrazone groups is 1. The highest BCUT2D eigenvalue weighted by atomic mass is 79.9. The quantitative estimate of drug-likeness (QED) is 0.169. The van der Waals surface area contributed by atoms with E-state index in [0.29, 0.717) is 23.8 Å². The first kappa shape index (κ1) is 22.6. The highest BCUT2D eigenvalue weighted by molar-refractivity contribution is 9.10. The molecule has 0 aliphatic heterocycles. The number of halogens is 1. The minimum Gasteiger partial charge on any atom is -0.507 e. The number of anilines is 1. The number of aromatic hydroxyl groups is 1. The Morgan fingerprint density at radius 2 is 2.06 bits per heavy atom. The summed E-state index contributed by atoms with van der Waals surface area (Å²) >= 11 is 4.58. The van der Waals surface area contributed by atoms with Crippen LogP contribution in [-0.4, -0.2) is 37.7 Å². The summed E-state index contributed by atoms with van der Waals surface area (Å²) in [5.74, 6) is 0.635. The lowest BCUT2D eigenvalue weighted by Crippen LogP contribution is -2.20. The Morgan fingerprint density at radius 1 is 1.26 bits per heavy atom. The number of carbonyl (C=O) groups is 1. The molecule has 10 heteroatoms. The standard InChI is InChI=1S/C21H21BrN6O2S/c1-2-10-28-19(13-23-17-6-4-3-5-7-17)25-27-21(28)31-14-20(30)26-24-12-15-11-16(22)8-9-18(15)29/h2-9,11-12,23,29H,1,10,13-14H2,(H,26,30). The first-order valence-electron chi connectivity index (χ1n) is 9.32. The third-order valence-electron chi connectivity index (χ3n) is 4.04. The molecule has 2 aromatic carbocycles. The molecule has 0 unspecified atom stereocenters. The molecule has 0 aliphatic rings. The van der Waals surface area contributed by atoms with E-state index in [0.717, 1.165) is 16.0 Å². The fourth-order valence-electron chi connectivity index (χ4n) is 2.57. The molecule has 160 valence electrons. The molecule has 1 aromatic heterocycles. The first-order valence-corrected chi connectivity index (χ1v) is 11.1. The zero-order valence-electron chi connectivity index (χ0n) is 16.5. The van der Waals surface area contributed by atoms with Gasteiger partial charge < -0.3 is 15.0 Å².